The number of nitrogens with one attached hydrogen (secondary N) is 1. The molecule has 0 fully saturated rings. The van der Waals surface area contributed by atoms with Crippen molar-refractivity contribution in [1.29, 1.82) is 0 Å². The molecule has 0 saturated carbocycles. The van der Waals surface area contributed by atoms with Crippen molar-refractivity contribution in [2.24, 2.45) is 5.92 Å². The Hall–Kier alpha value is -2.78. The molecule has 0 unspecified atom stereocenters. The van der Waals surface area contributed by atoms with E-state index in [0.717, 1.165) is 33.3 Å². The highest BCUT2D eigenvalue weighted by atomic mass is 32.2. The van der Waals surface area contributed by atoms with Crippen LogP contribution in [0.5, 0.6) is 0 Å². The van der Waals surface area contributed by atoms with Crippen molar-refractivity contribution < 1.29 is 4.79 Å². The SMILES string of the molecule is CC(C)Cn1c(S[C@H](C)C(=O)Nc2nc3ccccc3s2)nnc1-c1cccnc1. The molecule has 3 heterocycles. The molecule has 7 nitrogen and oxygen atoms in total. The first-order valence-corrected chi connectivity index (χ1v) is 11.4. The van der Waals surface area contributed by atoms with Crippen LogP contribution in [0, 0.1) is 5.92 Å². The molecule has 4 rings (SSSR count). The minimum atomic E-state index is -0.353. The molecule has 1 N–H and O–H groups in total. The average Bonchev–Trinajstić information content (AvgIpc) is 3.31. The first kappa shape index (κ1) is 20.5. The van der Waals surface area contributed by atoms with Crippen LogP contribution in [0.4, 0.5) is 5.13 Å². The number of hydrogen-bond acceptors (Lipinski definition) is 7. The van der Waals surface area contributed by atoms with E-state index in [1.807, 2.05) is 43.3 Å². The molecular formula is C21H22N6OS2. The number of fused-ring (bicyclic) bond motifs is 1. The fourth-order valence-corrected chi connectivity index (χ4v) is 4.69. The summed E-state index contributed by atoms with van der Waals surface area (Å²) >= 11 is 2.87. The Labute approximate surface area is 183 Å². The molecule has 3 aromatic heterocycles. The van der Waals surface area contributed by atoms with E-state index in [2.05, 4.69) is 43.9 Å². The predicted molar refractivity (Wildman–Crippen MR) is 122 cm³/mol. The van der Waals surface area contributed by atoms with Gasteiger partial charge >= 0.3 is 0 Å². The molecule has 1 atom stereocenters. The smallest absolute Gasteiger partial charge is 0.239 e. The van der Waals surface area contributed by atoms with Crippen molar-refractivity contribution in [1.82, 2.24) is 24.7 Å². The molecule has 0 aliphatic carbocycles. The first-order chi connectivity index (χ1) is 14.5. The molecule has 0 aliphatic rings. The predicted octanol–water partition coefficient (Wildman–Crippen LogP) is 4.73. The van der Waals surface area contributed by atoms with Crippen LogP contribution in [0.3, 0.4) is 0 Å². The van der Waals surface area contributed by atoms with Crippen molar-refractivity contribution >= 4 is 44.4 Å². The van der Waals surface area contributed by atoms with Crippen LogP contribution in [0.15, 0.2) is 53.9 Å². The Morgan fingerprint density at radius 3 is 2.73 bits per heavy atom. The summed E-state index contributed by atoms with van der Waals surface area (Å²) in [4.78, 5) is 21.4. The zero-order chi connectivity index (χ0) is 21.1. The lowest BCUT2D eigenvalue weighted by atomic mass is 10.2. The topological polar surface area (TPSA) is 85.6 Å². The van der Waals surface area contributed by atoms with Crippen LogP contribution in [0.1, 0.15) is 20.8 Å². The quantitative estimate of drug-likeness (QED) is 0.420. The third-order valence-electron chi connectivity index (χ3n) is 4.36. The standard InChI is InChI=1S/C21H22N6OS2/c1-13(2)12-27-18(15-7-6-10-22-11-15)25-26-21(27)29-14(3)19(28)24-20-23-16-8-4-5-9-17(16)30-20/h4-11,13-14H,12H2,1-3H3,(H,23,24,28)/t14-/m1/s1. The van der Waals surface area contributed by atoms with Gasteiger partial charge in [0, 0.05) is 24.5 Å². The minimum Gasteiger partial charge on any atom is -0.302 e. The molecule has 1 aromatic carbocycles. The Kier molecular flexibility index (Phi) is 6.10. The van der Waals surface area contributed by atoms with Crippen molar-refractivity contribution in [3.63, 3.8) is 0 Å². The lowest BCUT2D eigenvalue weighted by Crippen LogP contribution is -2.23. The van der Waals surface area contributed by atoms with E-state index in [-0.39, 0.29) is 11.2 Å². The number of hydrogen-bond donors (Lipinski definition) is 1. The molecule has 1 amide bonds. The lowest BCUT2D eigenvalue weighted by molar-refractivity contribution is -0.115. The van der Waals surface area contributed by atoms with E-state index < -0.39 is 0 Å². The van der Waals surface area contributed by atoms with Gasteiger partial charge in [-0.1, -0.05) is 49.1 Å². The third-order valence-corrected chi connectivity index (χ3v) is 6.39. The maximum absolute atomic E-state index is 12.8. The third kappa shape index (κ3) is 4.52. The van der Waals surface area contributed by atoms with Gasteiger partial charge in [-0.3, -0.25) is 9.78 Å². The van der Waals surface area contributed by atoms with Crippen LogP contribution in [-0.4, -0.2) is 35.9 Å². The van der Waals surface area contributed by atoms with E-state index in [1.54, 1.807) is 12.4 Å². The number of para-hydroxylation sites is 1. The highest BCUT2D eigenvalue weighted by molar-refractivity contribution is 8.00. The molecule has 4 aromatic rings. The van der Waals surface area contributed by atoms with Crippen LogP contribution in [-0.2, 0) is 11.3 Å². The number of thioether (sulfide) groups is 1. The van der Waals surface area contributed by atoms with Gasteiger partial charge in [-0.15, -0.1) is 10.2 Å². The molecule has 0 aliphatic heterocycles. The number of carbonyl (C=O) groups is 1. The number of nitrogens with zero attached hydrogens (tertiary/aromatic N) is 5. The van der Waals surface area contributed by atoms with Gasteiger partial charge < -0.3 is 9.88 Å². The number of benzene rings is 1. The number of thiazole rings is 1. The minimum absolute atomic E-state index is 0.110. The first-order valence-electron chi connectivity index (χ1n) is 9.68. The van der Waals surface area contributed by atoms with Crippen LogP contribution < -0.4 is 5.32 Å². The Bertz CT molecular complexity index is 1120. The maximum Gasteiger partial charge on any atom is 0.239 e. The monoisotopic (exact) mass is 438 g/mol. The average molecular weight is 439 g/mol. The zero-order valence-electron chi connectivity index (χ0n) is 16.9. The van der Waals surface area contributed by atoms with Gasteiger partial charge in [0.05, 0.1) is 15.5 Å². The van der Waals surface area contributed by atoms with Crippen molar-refractivity contribution in [2.45, 2.75) is 37.7 Å². The number of rotatable bonds is 7. The van der Waals surface area contributed by atoms with Crippen molar-refractivity contribution in [3.05, 3.63) is 48.8 Å². The van der Waals surface area contributed by atoms with E-state index in [4.69, 9.17) is 0 Å². The summed E-state index contributed by atoms with van der Waals surface area (Å²) in [5, 5.41) is 12.6. The molecule has 9 heteroatoms. The molecule has 0 spiro atoms. The number of carbonyl (C=O) groups excluding carboxylic acids is 1. The molecule has 0 saturated heterocycles. The van der Waals surface area contributed by atoms with Crippen LogP contribution >= 0.6 is 23.1 Å². The summed E-state index contributed by atoms with van der Waals surface area (Å²) in [6, 6.07) is 11.7. The molecular weight excluding hydrogens is 416 g/mol. The van der Waals surface area contributed by atoms with Gasteiger partial charge in [-0.05, 0) is 37.1 Å². The number of amides is 1. The van der Waals surface area contributed by atoms with E-state index in [1.165, 1.54) is 23.1 Å². The highest BCUT2D eigenvalue weighted by Crippen LogP contribution is 2.29. The van der Waals surface area contributed by atoms with Crippen molar-refractivity contribution in [2.75, 3.05) is 5.32 Å². The number of anilines is 1. The molecule has 154 valence electrons. The summed E-state index contributed by atoms with van der Waals surface area (Å²) < 4.78 is 3.11. The zero-order valence-corrected chi connectivity index (χ0v) is 18.6. The van der Waals surface area contributed by atoms with Gasteiger partial charge in [0.15, 0.2) is 16.1 Å². The Morgan fingerprint density at radius 1 is 1.17 bits per heavy atom. The normalized spacial score (nSPS) is 12.4. The van der Waals surface area contributed by atoms with Gasteiger partial charge in [0.1, 0.15) is 0 Å². The second-order valence-corrected chi connectivity index (χ2v) is 9.63. The van der Waals surface area contributed by atoms with E-state index in [9.17, 15) is 4.79 Å². The van der Waals surface area contributed by atoms with E-state index in [0.29, 0.717) is 11.0 Å². The molecule has 0 bridgehead atoms. The number of aromatic nitrogens is 5. The van der Waals surface area contributed by atoms with Gasteiger partial charge in [0.25, 0.3) is 0 Å². The van der Waals surface area contributed by atoms with Gasteiger partial charge in [-0.2, -0.15) is 0 Å². The summed E-state index contributed by atoms with van der Waals surface area (Å²) in [5.41, 5.74) is 1.79. The summed E-state index contributed by atoms with van der Waals surface area (Å²) in [7, 11) is 0. The highest BCUT2D eigenvalue weighted by Gasteiger charge is 2.22. The Balaban J connectivity index is 1.52. The van der Waals surface area contributed by atoms with Gasteiger partial charge in [0.2, 0.25) is 5.91 Å². The maximum atomic E-state index is 12.8. The largest absolute Gasteiger partial charge is 0.302 e. The molecule has 30 heavy (non-hydrogen) atoms. The van der Waals surface area contributed by atoms with Crippen LogP contribution in [0.25, 0.3) is 21.6 Å². The lowest BCUT2D eigenvalue weighted by Gasteiger charge is -2.14. The number of pyridine rings is 1. The Morgan fingerprint density at radius 2 is 2.00 bits per heavy atom. The van der Waals surface area contributed by atoms with E-state index >= 15 is 0 Å². The fourth-order valence-electron chi connectivity index (χ4n) is 2.96. The van der Waals surface area contributed by atoms with Crippen molar-refractivity contribution in [3.8, 4) is 11.4 Å². The summed E-state index contributed by atoms with van der Waals surface area (Å²) in [6.07, 6.45) is 3.51. The molecule has 0 radical (unpaired) electrons. The summed E-state index contributed by atoms with van der Waals surface area (Å²) in [6.45, 7) is 6.91. The van der Waals surface area contributed by atoms with Gasteiger partial charge in [-0.25, -0.2) is 4.98 Å². The fraction of sp³-hybridized carbons (Fsp3) is 0.286. The second-order valence-electron chi connectivity index (χ2n) is 7.29. The van der Waals surface area contributed by atoms with Crippen LogP contribution in [0.2, 0.25) is 0 Å². The second kappa shape index (κ2) is 8.93. The summed E-state index contributed by atoms with van der Waals surface area (Å²) in [5.74, 6) is 1.06.